The number of halogens is 1. The average Bonchev–Trinajstić information content (AvgIpc) is 2.52. The Kier molecular flexibility index (Phi) is 5.98. The van der Waals surface area contributed by atoms with Crippen molar-refractivity contribution in [3.8, 4) is 6.07 Å². The Bertz CT molecular complexity index is 664. The van der Waals surface area contributed by atoms with Crippen molar-refractivity contribution in [3.05, 3.63) is 28.2 Å². The Morgan fingerprint density at radius 1 is 1.32 bits per heavy atom. The summed E-state index contributed by atoms with van der Waals surface area (Å²) in [4.78, 5) is 0.0904. The van der Waals surface area contributed by atoms with Crippen molar-refractivity contribution in [1.82, 2.24) is 4.72 Å². The van der Waals surface area contributed by atoms with Gasteiger partial charge in [0, 0.05) is 17.1 Å². The quantitative estimate of drug-likeness (QED) is 0.813. The summed E-state index contributed by atoms with van der Waals surface area (Å²) >= 11 is 3.24. The Hall–Kier alpha value is -0.940. The third-order valence-corrected chi connectivity index (χ3v) is 6.02. The van der Waals surface area contributed by atoms with E-state index in [0.29, 0.717) is 10.0 Å². The van der Waals surface area contributed by atoms with Gasteiger partial charge in [0.2, 0.25) is 10.0 Å². The SMILES string of the molecule is N#Cc1cc(Br)cc(S(=O)(=O)NC(CN)C2CCCCC2)c1. The van der Waals surface area contributed by atoms with Crippen LogP contribution in [0.4, 0.5) is 0 Å². The number of hydrogen-bond donors (Lipinski definition) is 2. The molecule has 0 aromatic heterocycles. The number of sulfonamides is 1. The molecule has 1 atom stereocenters. The smallest absolute Gasteiger partial charge is 0.240 e. The normalized spacial score (nSPS) is 17.9. The van der Waals surface area contributed by atoms with Crippen LogP contribution in [0.5, 0.6) is 0 Å². The molecule has 0 radical (unpaired) electrons. The van der Waals surface area contributed by atoms with E-state index in [1.54, 1.807) is 6.07 Å². The Morgan fingerprint density at radius 2 is 2.00 bits per heavy atom. The molecular formula is C15H20BrN3O2S. The molecule has 7 heteroatoms. The fourth-order valence-corrected chi connectivity index (χ4v) is 4.96. The summed E-state index contributed by atoms with van der Waals surface area (Å²) in [6.45, 7) is 0.281. The van der Waals surface area contributed by atoms with Gasteiger partial charge in [0.05, 0.1) is 16.5 Å². The van der Waals surface area contributed by atoms with Gasteiger partial charge in [-0.1, -0.05) is 35.2 Å². The maximum atomic E-state index is 12.6. The first-order valence-electron chi connectivity index (χ1n) is 7.39. The summed E-state index contributed by atoms with van der Waals surface area (Å²) < 4.78 is 28.4. The maximum Gasteiger partial charge on any atom is 0.240 e. The number of nitrogens with two attached hydrogens (primary N) is 1. The first-order valence-corrected chi connectivity index (χ1v) is 9.67. The molecular weight excluding hydrogens is 366 g/mol. The second kappa shape index (κ2) is 7.55. The molecule has 0 amide bonds. The zero-order valence-electron chi connectivity index (χ0n) is 12.3. The van der Waals surface area contributed by atoms with Crippen LogP contribution < -0.4 is 10.5 Å². The highest BCUT2D eigenvalue weighted by atomic mass is 79.9. The standard InChI is InChI=1S/C15H20BrN3O2S/c16-13-6-11(9-17)7-14(8-13)22(20,21)19-15(10-18)12-4-2-1-3-5-12/h6-8,12,15,19H,1-5,10,18H2. The van der Waals surface area contributed by atoms with E-state index >= 15 is 0 Å². The highest BCUT2D eigenvalue weighted by Gasteiger charge is 2.27. The highest BCUT2D eigenvalue weighted by Crippen LogP contribution is 2.27. The average molecular weight is 386 g/mol. The minimum absolute atomic E-state index is 0.0904. The van der Waals surface area contributed by atoms with Crippen molar-refractivity contribution in [3.63, 3.8) is 0 Å². The van der Waals surface area contributed by atoms with E-state index in [4.69, 9.17) is 11.0 Å². The van der Waals surface area contributed by atoms with E-state index in [9.17, 15) is 8.42 Å². The molecule has 1 aliphatic carbocycles. The van der Waals surface area contributed by atoms with Crippen LogP contribution in [0.2, 0.25) is 0 Å². The lowest BCUT2D eigenvalue weighted by atomic mass is 9.84. The topological polar surface area (TPSA) is 96.0 Å². The van der Waals surface area contributed by atoms with E-state index in [1.807, 2.05) is 6.07 Å². The number of hydrogen-bond acceptors (Lipinski definition) is 4. The third-order valence-electron chi connectivity index (χ3n) is 4.09. The number of nitriles is 1. The lowest BCUT2D eigenvalue weighted by Crippen LogP contribution is -2.45. The molecule has 1 unspecified atom stereocenters. The minimum atomic E-state index is -3.69. The van der Waals surface area contributed by atoms with Gasteiger partial charge >= 0.3 is 0 Å². The van der Waals surface area contributed by atoms with Gasteiger partial charge in [-0.05, 0) is 37.0 Å². The first kappa shape index (κ1) is 17.4. The maximum absolute atomic E-state index is 12.6. The lowest BCUT2D eigenvalue weighted by molar-refractivity contribution is 0.294. The van der Waals surface area contributed by atoms with Gasteiger partial charge in [0.25, 0.3) is 0 Å². The molecule has 3 N–H and O–H groups in total. The van der Waals surface area contributed by atoms with E-state index in [-0.39, 0.29) is 23.4 Å². The lowest BCUT2D eigenvalue weighted by Gasteiger charge is -2.29. The van der Waals surface area contributed by atoms with Crippen LogP contribution in [0.25, 0.3) is 0 Å². The van der Waals surface area contributed by atoms with Crippen molar-refractivity contribution in [2.75, 3.05) is 6.54 Å². The molecule has 22 heavy (non-hydrogen) atoms. The van der Waals surface area contributed by atoms with Crippen molar-refractivity contribution in [1.29, 1.82) is 5.26 Å². The van der Waals surface area contributed by atoms with Gasteiger partial charge in [-0.25, -0.2) is 13.1 Å². The van der Waals surface area contributed by atoms with Gasteiger partial charge in [-0.3, -0.25) is 0 Å². The van der Waals surface area contributed by atoms with Gasteiger partial charge in [-0.2, -0.15) is 5.26 Å². The Labute approximate surface area is 140 Å². The van der Waals surface area contributed by atoms with Crippen LogP contribution >= 0.6 is 15.9 Å². The van der Waals surface area contributed by atoms with Crippen molar-refractivity contribution < 1.29 is 8.42 Å². The third kappa shape index (κ3) is 4.29. The van der Waals surface area contributed by atoms with Gasteiger partial charge in [0.1, 0.15) is 0 Å². The largest absolute Gasteiger partial charge is 0.329 e. The number of nitrogens with zero attached hydrogens (tertiary/aromatic N) is 1. The predicted octanol–water partition coefficient (Wildman–Crippen LogP) is 2.51. The number of benzene rings is 1. The summed E-state index contributed by atoms with van der Waals surface area (Å²) in [7, 11) is -3.69. The first-order chi connectivity index (χ1) is 10.5. The summed E-state index contributed by atoms with van der Waals surface area (Å²) in [5, 5.41) is 8.98. The Morgan fingerprint density at radius 3 is 2.59 bits per heavy atom. The van der Waals surface area contributed by atoms with E-state index in [2.05, 4.69) is 20.7 Å². The van der Waals surface area contributed by atoms with E-state index in [0.717, 1.165) is 25.7 Å². The fraction of sp³-hybridized carbons (Fsp3) is 0.533. The van der Waals surface area contributed by atoms with Gasteiger partial charge in [-0.15, -0.1) is 0 Å². The Balaban J connectivity index is 2.22. The van der Waals surface area contributed by atoms with Crippen molar-refractivity contribution >= 4 is 26.0 Å². The van der Waals surface area contributed by atoms with Gasteiger partial charge < -0.3 is 5.73 Å². The molecule has 1 aliphatic rings. The molecule has 0 saturated heterocycles. The van der Waals surface area contributed by atoms with Crippen LogP contribution in [0.3, 0.4) is 0 Å². The van der Waals surface area contributed by atoms with Crippen molar-refractivity contribution in [2.24, 2.45) is 11.7 Å². The monoisotopic (exact) mass is 385 g/mol. The molecule has 1 aromatic rings. The zero-order chi connectivity index (χ0) is 16.2. The molecule has 0 spiro atoms. The van der Waals surface area contributed by atoms with Gasteiger partial charge in [0.15, 0.2) is 0 Å². The number of nitrogens with one attached hydrogen (secondary N) is 1. The summed E-state index contributed by atoms with van der Waals surface area (Å²) in [5.41, 5.74) is 6.09. The van der Waals surface area contributed by atoms with Crippen LogP contribution in [0.15, 0.2) is 27.6 Å². The molecule has 0 heterocycles. The minimum Gasteiger partial charge on any atom is -0.329 e. The molecule has 2 rings (SSSR count). The van der Waals surface area contributed by atoms with Crippen LogP contribution in [-0.2, 0) is 10.0 Å². The molecule has 0 aliphatic heterocycles. The molecule has 1 fully saturated rings. The predicted molar refractivity (Wildman–Crippen MR) is 88.6 cm³/mol. The molecule has 1 saturated carbocycles. The summed E-state index contributed by atoms with van der Waals surface area (Å²) in [6, 6.07) is 6.17. The zero-order valence-corrected chi connectivity index (χ0v) is 14.7. The summed E-state index contributed by atoms with van der Waals surface area (Å²) in [6.07, 6.45) is 5.47. The van der Waals surface area contributed by atoms with Crippen molar-refractivity contribution in [2.45, 2.75) is 43.0 Å². The molecule has 0 bridgehead atoms. The highest BCUT2D eigenvalue weighted by molar-refractivity contribution is 9.10. The van der Waals surface area contributed by atoms with Crippen LogP contribution in [0.1, 0.15) is 37.7 Å². The molecule has 5 nitrogen and oxygen atoms in total. The molecule has 1 aromatic carbocycles. The second-order valence-corrected chi connectivity index (χ2v) is 8.28. The number of rotatable bonds is 5. The van der Waals surface area contributed by atoms with Crippen LogP contribution in [-0.4, -0.2) is 21.0 Å². The second-order valence-electron chi connectivity index (χ2n) is 5.65. The van der Waals surface area contributed by atoms with E-state index in [1.165, 1.54) is 18.6 Å². The molecule has 120 valence electrons. The van der Waals surface area contributed by atoms with Crippen LogP contribution in [0, 0.1) is 17.2 Å². The summed E-state index contributed by atoms with van der Waals surface area (Å²) in [5.74, 6) is 0.288. The fourth-order valence-electron chi connectivity index (χ4n) is 2.92. The van der Waals surface area contributed by atoms with E-state index < -0.39 is 10.0 Å².